The first-order valence-electron chi connectivity index (χ1n) is 9.73. The predicted molar refractivity (Wildman–Crippen MR) is 121 cm³/mol. The first kappa shape index (κ1) is 21.8. The van der Waals surface area contributed by atoms with Crippen LogP contribution in [-0.4, -0.2) is 23.6 Å². The van der Waals surface area contributed by atoms with Gasteiger partial charge in [0.15, 0.2) is 0 Å². The molecule has 0 saturated heterocycles. The Bertz CT molecular complexity index is 1220. The summed E-state index contributed by atoms with van der Waals surface area (Å²) in [4.78, 5) is 38.4. The molecule has 0 atom stereocenters. The Hall–Kier alpha value is -2.93. The van der Waals surface area contributed by atoms with Crippen molar-refractivity contribution in [2.45, 2.75) is 47.6 Å². The van der Waals surface area contributed by atoms with Crippen molar-refractivity contribution in [3.63, 3.8) is 0 Å². The lowest BCUT2D eigenvalue weighted by Gasteiger charge is -2.15. The van der Waals surface area contributed by atoms with E-state index in [0.29, 0.717) is 10.6 Å². The third-order valence-corrected chi connectivity index (χ3v) is 6.46. The van der Waals surface area contributed by atoms with Gasteiger partial charge in [-0.1, -0.05) is 11.6 Å². The lowest BCUT2D eigenvalue weighted by atomic mass is 10.0. The molecule has 0 radical (unpaired) electrons. The van der Waals surface area contributed by atoms with Crippen LogP contribution in [0.1, 0.15) is 43.9 Å². The van der Waals surface area contributed by atoms with Crippen molar-refractivity contribution in [2.24, 2.45) is 0 Å². The molecule has 3 aromatic rings. The molecule has 158 valence electrons. The molecule has 0 saturated carbocycles. The van der Waals surface area contributed by atoms with Crippen LogP contribution >= 0.6 is 11.3 Å². The maximum atomic E-state index is 12.7. The van der Waals surface area contributed by atoms with Crippen molar-refractivity contribution in [1.29, 1.82) is 0 Å². The average Bonchev–Trinajstić information content (AvgIpc) is 2.94. The fourth-order valence-electron chi connectivity index (χ4n) is 3.76. The molecule has 1 aromatic carbocycles. The predicted octanol–water partition coefficient (Wildman–Crippen LogP) is 4.42. The molecule has 7 heteroatoms. The molecule has 2 aromatic heterocycles. The highest BCUT2D eigenvalue weighted by Gasteiger charge is 2.21. The summed E-state index contributed by atoms with van der Waals surface area (Å²) in [5.74, 6) is -0.731. The number of hydrogen-bond donors (Lipinski definition) is 1. The molecule has 0 bridgehead atoms. The molecule has 1 amide bonds. The minimum Gasteiger partial charge on any atom is -0.465 e. The number of nitrogens with zero attached hydrogens (tertiary/aromatic N) is 1. The van der Waals surface area contributed by atoms with E-state index in [4.69, 9.17) is 4.74 Å². The number of benzene rings is 1. The van der Waals surface area contributed by atoms with E-state index >= 15 is 0 Å². The number of ether oxygens (including phenoxy) is 1. The third kappa shape index (κ3) is 4.03. The van der Waals surface area contributed by atoms with Crippen LogP contribution in [0.5, 0.6) is 0 Å². The van der Waals surface area contributed by atoms with Gasteiger partial charge in [-0.15, -0.1) is 11.3 Å². The SMILES string of the molecule is COC(=O)c1c(NC(=O)CCn2c(=O)cc(C)c3cc(C)cc(C)c32)sc(C)c1C. The maximum Gasteiger partial charge on any atom is 0.341 e. The van der Waals surface area contributed by atoms with Crippen LogP contribution in [0.3, 0.4) is 0 Å². The van der Waals surface area contributed by atoms with Gasteiger partial charge in [0.1, 0.15) is 5.00 Å². The van der Waals surface area contributed by atoms with Gasteiger partial charge in [0.2, 0.25) is 5.91 Å². The van der Waals surface area contributed by atoms with E-state index in [0.717, 1.165) is 38.0 Å². The second-order valence-corrected chi connectivity index (χ2v) is 8.80. The quantitative estimate of drug-likeness (QED) is 0.613. The summed E-state index contributed by atoms with van der Waals surface area (Å²) in [6.07, 6.45) is 0.113. The number of rotatable bonds is 5. The van der Waals surface area contributed by atoms with Crippen molar-refractivity contribution < 1.29 is 14.3 Å². The highest BCUT2D eigenvalue weighted by atomic mass is 32.1. The summed E-state index contributed by atoms with van der Waals surface area (Å²) < 4.78 is 6.51. The van der Waals surface area contributed by atoms with E-state index < -0.39 is 5.97 Å². The number of aromatic nitrogens is 1. The molecule has 30 heavy (non-hydrogen) atoms. The van der Waals surface area contributed by atoms with Gasteiger partial charge < -0.3 is 14.6 Å². The van der Waals surface area contributed by atoms with Crippen LogP contribution < -0.4 is 10.9 Å². The number of methoxy groups -OCH3 is 1. The molecule has 2 heterocycles. The second kappa shape index (κ2) is 8.44. The number of pyridine rings is 1. The molecular weight excluding hydrogens is 400 g/mol. The molecule has 3 rings (SSSR count). The molecule has 0 aliphatic heterocycles. The van der Waals surface area contributed by atoms with E-state index in [9.17, 15) is 14.4 Å². The largest absolute Gasteiger partial charge is 0.465 e. The molecule has 6 nitrogen and oxygen atoms in total. The summed E-state index contributed by atoms with van der Waals surface area (Å²) in [6.45, 7) is 9.91. The number of hydrogen-bond acceptors (Lipinski definition) is 5. The highest BCUT2D eigenvalue weighted by Crippen LogP contribution is 2.33. The monoisotopic (exact) mass is 426 g/mol. The summed E-state index contributed by atoms with van der Waals surface area (Å²) in [6, 6.07) is 5.71. The number of anilines is 1. The Balaban J connectivity index is 1.88. The number of nitrogens with one attached hydrogen (secondary N) is 1. The van der Waals surface area contributed by atoms with Gasteiger partial charge >= 0.3 is 5.97 Å². The van der Waals surface area contributed by atoms with E-state index in [1.807, 2.05) is 40.7 Å². The summed E-state index contributed by atoms with van der Waals surface area (Å²) in [5.41, 5.74) is 4.98. The number of amides is 1. The Morgan fingerprint density at radius 1 is 1.07 bits per heavy atom. The fraction of sp³-hybridized carbons (Fsp3) is 0.348. The summed E-state index contributed by atoms with van der Waals surface area (Å²) in [7, 11) is 1.32. The minimum atomic E-state index is -0.473. The second-order valence-electron chi connectivity index (χ2n) is 7.57. The normalized spacial score (nSPS) is 11.0. The first-order chi connectivity index (χ1) is 14.1. The average molecular weight is 427 g/mol. The van der Waals surface area contributed by atoms with E-state index in [-0.39, 0.29) is 24.4 Å². The maximum absolute atomic E-state index is 12.7. The number of thiophene rings is 1. The standard InChI is InChI=1S/C23H26N2O4S/c1-12-9-14(3)21-17(10-12)13(2)11-19(27)25(21)8-7-18(26)24-22-20(23(28)29-6)15(4)16(5)30-22/h9-11H,7-8H2,1-6H3,(H,24,26). The lowest BCUT2D eigenvalue weighted by Crippen LogP contribution is -2.24. The van der Waals surface area contributed by atoms with Crippen LogP contribution in [0.15, 0.2) is 23.0 Å². The first-order valence-corrected chi connectivity index (χ1v) is 10.5. The molecule has 0 fully saturated rings. The molecule has 0 spiro atoms. The highest BCUT2D eigenvalue weighted by molar-refractivity contribution is 7.16. The summed E-state index contributed by atoms with van der Waals surface area (Å²) in [5, 5.41) is 4.32. The lowest BCUT2D eigenvalue weighted by molar-refractivity contribution is -0.116. The third-order valence-electron chi connectivity index (χ3n) is 5.34. The Morgan fingerprint density at radius 3 is 2.43 bits per heavy atom. The Kier molecular flexibility index (Phi) is 6.12. The Labute approximate surface area is 179 Å². The molecule has 0 aliphatic carbocycles. The zero-order chi connectivity index (χ0) is 22.2. The topological polar surface area (TPSA) is 77.4 Å². The van der Waals surface area contributed by atoms with Crippen LogP contribution in [0, 0.1) is 34.6 Å². The number of carbonyl (C=O) groups is 2. The van der Waals surface area contributed by atoms with Crippen molar-refractivity contribution in [3.8, 4) is 0 Å². The van der Waals surface area contributed by atoms with Crippen LogP contribution in [0.4, 0.5) is 5.00 Å². The van der Waals surface area contributed by atoms with Crippen LogP contribution in [-0.2, 0) is 16.1 Å². The number of aryl methyl sites for hydroxylation is 5. The van der Waals surface area contributed by atoms with Gasteiger partial charge in [-0.05, 0) is 57.4 Å². The Morgan fingerprint density at radius 2 is 1.77 bits per heavy atom. The van der Waals surface area contributed by atoms with Gasteiger partial charge in [-0.3, -0.25) is 9.59 Å². The van der Waals surface area contributed by atoms with Gasteiger partial charge in [-0.25, -0.2) is 4.79 Å². The fourth-order valence-corrected chi connectivity index (χ4v) is 4.82. The molecule has 0 aliphatic rings. The van der Waals surface area contributed by atoms with Crippen molar-refractivity contribution >= 4 is 39.1 Å². The number of carbonyl (C=O) groups excluding carboxylic acids is 2. The van der Waals surface area contributed by atoms with Crippen molar-refractivity contribution in [2.75, 3.05) is 12.4 Å². The summed E-state index contributed by atoms with van der Waals surface area (Å²) >= 11 is 1.35. The number of fused-ring (bicyclic) bond motifs is 1. The van der Waals surface area contributed by atoms with Crippen molar-refractivity contribution in [3.05, 3.63) is 61.2 Å². The van der Waals surface area contributed by atoms with E-state index in [1.54, 1.807) is 10.6 Å². The van der Waals surface area contributed by atoms with Gasteiger partial charge in [0.05, 0.1) is 18.2 Å². The molecular formula is C23H26N2O4S. The number of esters is 1. The van der Waals surface area contributed by atoms with Crippen molar-refractivity contribution in [1.82, 2.24) is 4.57 Å². The van der Waals surface area contributed by atoms with Gasteiger partial charge in [0, 0.05) is 29.3 Å². The van der Waals surface area contributed by atoms with Gasteiger partial charge in [0.25, 0.3) is 5.56 Å². The van der Waals surface area contributed by atoms with E-state index in [1.165, 1.54) is 18.4 Å². The zero-order valence-corrected chi connectivity index (χ0v) is 19.0. The minimum absolute atomic E-state index is 0.113. The van der Waals surface area contributed by atoms with Crippen LogP contribution in [0.25, 0.3) is 10.9 Å². The molecule has 0 unspecified atom stereocenters. The zero-order valence-electron chi connectivity index (χ0n) is 18.1. The smallest absolute Gasteiger partial charge is 0.341 e. The molecule has 1 N–H and O–H groups in total. The van der Waals surface area contributed by atoms with E-state index in [2.05, 4.69) is 11.4 Å². The van der Waals surface area contributed by atoms with Gasteiger partial charge in [-0.2, -0.15) is 0 Å². The van der Waals surface area contributed by atoms with Crippen LogP contribution in [0.2, 0.25) is 0 Å².